The van der Waals surface area contributed by atoms with Crippen LogP contribution in [-0.4, -0.2) is 11.7 Å². The molecule has 72 valence electrons. The van der Waals surface area contributed by atoms with Crippen LogP contribution in [0.2, 0.25) is 0 Å². The summed E-state index contributed by atoms with van der Waals surface area (Å²) >= 11 is 0. The standard InChI is InChI=1S/C12H12O2/c1-9-2-4-11-6-10(7-13)3-5-12(11)14-8-9/h2-6,13H,1,7-8H2. The van der Waals surface area contributed by atoms with Gasteiger partial charge in [-0.15, -0.1) is 0 Å². The molecule has 0 spiro atoms. The van der Waals surface area contributed by atoms with Gasteiger partial charge in [-0.05, 0) is 23.3 Å². The van der Waals surface area contributed by atoms with Crippen LogP contribution in [0.4, 0.5) is 0 Å². The lowest BCUT2D eigenvalue weighted by Crippen LogP contribution is -1.97. The lowest BCUT2D eigenvalue weighted by molar-refractivity contribution is 0.281. The number of ether oxygens (including phenoxy) is 1. The summed E-state index contributed by atoms with van der Waals surface area (Å²) in [4.78, 5) is 0. The van der Waals surface area contributed by atoms with Gasteiger partial charge in [0.15, 0.2) is 0 Å². The molecule has 0 aromatic heterocycles. The number of aliphatic hydroxyl groups excluding tert-OH is 1. The van der Waals surface area contributed by atoms with E-state index in [1.807, 2.05) is 30.4 Å². The Hall–Kier alpha value is -1.54. The average Bonchev–Trinajstić information content (AvgIpc) is 2.40. The van der Waals surface area contributed by atoms with Gasteiger partial charge < -0.3 is 9.84 Å². The molecule has 0 aliphatic carbocycles. The molecule has 0 saturated heterocycles. The molecule has 0 unspecified atom stereocenters. The molecule has 1 aliphatic heterocycles. The molecule has 1 aromatic rings. The van der Waals surface area contributed by atoms with Crippen LogP contribution in [0.3, 0.4) is 0 Å². The van der Waals surface area contributed by atoms with Crippen molar-refractivity contribution in [1.82, 2.24) is 0 Å². The summed E-state index contributed by atoms with van der Waals surface area (Å²) < 4.78 is 5.52. The van der Waals surface area contributed by atoms with E-state index in [4.69, 9.17) is 9.84 Å². The minimum absolute atomic E-state index is 0.0576. The van der Waals surface area contributed by atoms with E-state index >= 15 is 0 Å². The summed E-state index contributed by atoms with van der Waals surface area (Å²) in [6.45, 7) is 4.43. The van der Waals surface area contributed by atoms with Crippen LogP contribution in [0, 0.1) is 0 Å². The molecule has 1 heterocycles. The molecule has 0 bridgehead atoms. The Labute approximate surface area is 83.1 Å². The molecule has 0 radical (unpaired) electrons. The van der Waals surface area contributed by atoms with Gasteiger partial charge in [0.25, 0.3) is 0 Å². The van der Waals surface area contributed by atoms with Crippen molar-refractivity contribution in [3.8, 4) is 5.75 Å². The number of benzene rings is 1. The van der Waals surface area contributed by atoms with Gasteiger partial charge in [0, 0.05) is 5.56 Å². The van der Waals surface area contributed by atoms with E-state index in [1.54, 1.807) is 0 Å². The molecule has 14 heavy (non-hydrogen) atoms. The first kappa shape index (κ1) is 9.03. The molecular formula is C12H12O2. The van der Waals surface area contributed by atoms with E-state index in [0.29, 0.717) is 6.61 Å². The van der Waals surface area contributed by atoms with Gasteiger partial charge in [0.2, 0.25) is 0 Å². The van der Waals surface area contributed by atoms with Gasteiger partial charge in [-0.1, -0.05) is 24.8 Å². The number of hydrogen-bond donors (Lipinski definition) is 1. The Morgan fingerprint density at radius 2 is 2.21 bits per heavy atom. The summed E-state index contributed by atoms with van der Waals surface area (Å²) in [6.07, 6.45) is 3.90. The molecular weight excluding hydrogens is 176 g/mol. The van der Waals surface area contributed by atoms with E-state index < -0.39 is 0 Å². The SMILES string of the molecule is C=C1C=Cc2cc(CO)ccc2OC1. The Balaban J connectivity index is 2.42. The second-order valence-electron chi connectivity index (χ2n) is 3.31. The fourth-order valence-electron chi connectivity index (χ4n) is 1.38. The predicted molar refractivity (Wildman–Crippen MR) is 56.0 cm³/mol. The maximum absolute atomic E-state index is 8.98. The summed E-state index contributed by atoms with van der Waals surface area (Å²) in [5.74, 6) is 0.845. The molecule has 0 amide bonds. The smallest absolute Gasteiger partial charge is 0.127 e. The van der Waals surface area contributed by atoms with Crippen molar-refractivity contribution in [3.63, 3.8) is 0 Å². The maximum Gasteiger partial charge on any atom is 0.127 e. The van der Waals surface area contributed by atoms with E-state index in [0.717, 1.165) is 22.4 Å². The number of fused-ring (bicyclic) bond motifs is 1. The average molecular weight is 188 g/mol. The van der Waals surface area contributed by atoms with Crippen molar-refractivity contribution in [2.24, 2.45) is 0 Å². The number of aliphatic hydroxyl groups is 1. The highest BCUT2D eigenvalue weighted by molar-refractivity contribution is 5.61. The van der Waals surface area contributed by atoms with Crippen LogP contribution in [0.5, 0.6) is 5.75 Å². The van der Waals surface area contributed by atoms with Gasteiger partial charge >= 0.3 is 0 Å². The topological polar surface area (TPSA) is 29.5 Å². The van der Waals surface area contributed by atoms with Crippen molar-refractivity contribution in [2.45, 2.75) is 6.61 Å². The summed E-state index contributed by atoms with van der Waals surface area (Å²) in [6, 6.07) is 5.66. The third-order valence-electron chi connectivity index (χ3n) is 2.17. The molecule has 1 N–H and O–H groups in total. The van der Waals surface area contributed by atoms with Gasteiger partial charge in [-0.25, -0.2) is 0 Å². The zero-order valence-electron chi connectivity index (χ0n) is 7.86. The van der Waals surface area contributed by atoms with Gasteiger partial charge in [0.05, 0.1) is 6.61 Å². The molecule has 0 atom stereocenters. The third-order valence-corrected chi connectivity index (χ3v) is 2.17. The van der Waals surface area contributed by atoms with Crippen molar-refractivity contribution in [2.75, 3.05) is 6.61 Å². The van der Waals surface area contributed by atoms with Crippen molar-refractivity contribution in [1.29, 1.82) is 0 Å². The molecule has 2 nitrogen and oxygen atoms in total. The molecule has 0 saturated carbocycles. The first-order valence-electron chi connectivity index (χ1n) is 4.52. The lowest BCUT2D eigenvalue weighted by Gasteiger charge is -2.07. The Bertz CT molecular complexity index is 391. The molecule has 2 heteroatoms. The molecule has 2 rings (SSSR count). The third kappa shape index (κ3) is 1.70. The van der Waals surface area contributed by atoms with Crippen LogP contribution < -0.4 is 4.74 Å². The van der Waals surface area contributed by atoms with Crippen LogP contribution >= 0.6 is 0 Å². The fraction of sp³-hybridized carbons (Fsp3) is 0.167. The van der Waals surface area contributed by atoms with Crippen molar-refractivity contribution >= 4 is 6.08 Å². The number of rotatable bonds is 1. The number of hydrogen-bond acceptors (Lipinski definition) is 2. The van der Waals surface area contributed by atoms with Crippen LogP contribution in [0.25, 0.3) is 6.08 Å². The first-order chi connectivity index (χ1) is 6.79. The van der Waals surface area contributed by atoms with E-state index in [-0.39, 0.29) is 6.61 Å². The van der Waals surface area contributed by atoms with Gasteiger partial charge in [0.1, 0.15) is 12.4 Å². The summed E-state index contributed by atoms with van der Waals surface area (Å²) in [5.41, 5.74) is 2.84. The van der Waals surface area contributed by atoms with Crippen LogP contribution in [0.1, 0.15) is 11.1 Å². The largest absolute Gasteiger partial charge is 0.488 e. The van der Waals surface area contributed by atoms with E-state index in [9.17, 15) is 0 Å². The van der Waals surface area contributed by atoms with Gasteiger partial charge in [-0.3, -0.25) is 0 Å². The summed E-state index contributed by atoms with van der Waals surface area (Å²) in [7, 11) is 0. The highest BCUT2D eigenvalue weighted by Crippen LogP contribution is 2.25. The van der Waals surface area contributed by atoms with Gasteiger partial charge in [-0.2, -0.15) is 0 Å². The Morgan fingerprint density at radius 3 is 3.00 bits per heavy atom. The van der Waals surface area contributed by atoms with E-state index in [2.05, 4.69) is 6.58 Å². The van der Waals surface area contributed by atoms with Crippen molar-refractivity contribution in [3.05, 3.63) is 47.6 Å². The highest BCUT2D eigenvalue weighted by Gasteiger charge is 2.06. The second kappa shape index (κ2) is 3.68. The zero-order valence-corrected chi connectivity index (χ0v) is 7.86. The quantitative estimate of drug-likeness (QED) is 0.731. The minimum atomic E-state index is 0.0576. The molecule has 1 aromatic carbocycles. The van der Waals surface area contributed by atoms with Crippen LogP contribution in [0.15, 0.2) is 36.4 Å². The van der Waals surface area contributed by atoms with E-state index in [1.165, 1.54) is 0 Å². The predicted octanol–water partition coefficient (Wildman–Crippen LogP) is 2.14. The Kier molecular flexibility index (Phi) is 2.37. The molecule has 1 aliphatic rings. The lowest BCUT2D eigenvalue weighted by atomic mass is 10.1. The minimum Gasteiger partial charge on any atom is -0.488 e. The Morgan fingerprint density at radius 1 is 1.36 bits per heavy atom. The second-order valence-corrected chi connectivity index (χ2v) is 3.31. The fourth-order valence-corrected chi connectivity index (χ4v) is 1.38. The monoisotopic (exact) mass is 188 g/mol. The normalized spacial score (nSPS) is 14.5. The maximum atomic E-state index is 8.98. The summed E-state index contributed by atoms with van der Waals surface area (Å²) in [5, 5.41) is 8.98. The molecule has 0 fully saturated rings. The van der Waals surface area contributed by atoms with Crippen LogP contribution in [-0.2, 0) is 6.61 Å². The highest BCUT2D eigenvalue weighted by atomic mass is 16.5. The zero-order chi connectivity index (χ0) is 9.97. The first-order valence-corrected chi connectivity index (χ1v) is 4.52. The van der Waals surface area contributed by atoms with Crippen molar-refractivity contribution < 1.29 is 9.84 Å².